The molecule has 0 unspecified atom stereocenters. The highest BCUT2D eigenvalue weighted by molar-refractivity contribution is 7.89. The highest BCUT2D eigenvalue weighted by atomic mass is 32.2. The summed E-state index contributed by atoms with van der Waals surface area (Å²) in [5, 5.41) is 0. The standard InChI is InChI=1S/C17H26N6O5S/c1-10(2)27-13-11(7-22-5-4-6-29(22,24)25)28-17(14(13)26-3)23-9-21-12-15(18)19-8-20-16(12)23/h8-11,13-14,17H,4-7H2,1-3H3,(H2,18,19,20)/t11-,13-,14-,17-/m1/s1. The van der Waals surface area contributed by atoms with Gasteiger partial charge in [-0.05, 0) is 20.3 Å². The van der Waals surface area contributed by atoms with Crippen molar-refractivity contribution in [2.75, 3.05) is 31.7 Å². The molecule has 0 radical (unpaired) electrons. The second kappa shape index (κ2) is 7.76. The van der Waals surface area contributed by atoms with Crippen LogP contribution in [-0.2, 0) is 24.2 Å². The van der Waals surface area contributed by atoms with Crippen LogP contribution in [0.15, 0.2) is 12.7 Å². The molecule has 2 aliphatic rings. The number of hydrogen-bond donors (Lipinski definition) is 1. The third-order valence-electron chi connectivity index (χ3n) is 5.23. The first-order valence-corrected chi connectivity index (χ1v) is 11.2. The summed E-state index contributed by atoms with van der Waals surface area (Å²) in [5.74, 6) is 0.435. The Kier molecular flexibility index (Phi) is 5.46. The summed E-state index contributed by atoms with van der Waals surface area (Å²) >= 11 is 0. The van der Waals surface area contributed by atoms with Crippen LogP contribution in [0.25, 0.3) is 11.2 Å². The highest BCUT2D eigenvalue weighted by Gasteiger charge is 2.49. The first-order chi connectivity index (χ1) is 13.8. The van der Waals surface area contributed by atoms with Crippen molar-refractivity contribution < 1.29 is 22.6 Å². The van der Waals surface area contributed by atoms with Crippen molar-refractivity contribution in [2.24, 2.45) is 0 Å². The van der Waals surface area contributed by atoms with E-state index in [0.29, 0.717) is 24.1 Å². The lowest BCUT2D eigenvalue weighted by Gasteiger charge is -2.27. The Morgan fingerprint density at radius 2 is 2.10 bits per heavy atom. The predicted molar refractivity (Wildman–Crippen MR) is 104 cm³/mol. The molecule has 4 atom stereocenters. The predicted octanol–water partition coefficient (Wildman–Crippen LogP) is 0.150. The van der Waals surface area contributed by atoms with Crippen LogP contribution < -0.4 is 5.73 Å². The van der Waals surface area contributed by atoms with Gasteiger partial charge < -0.3 is 19.9 Å². The van der Waals surface area contributed by atoms with E-state index in [4.69, 9.17) is 19.9 Å². The summed E-state index contributed by atoms with van der Waals surface area (Å²) in [7, 11) is -1.68. The average molecular weight is 426 g/mol. The maximum absolute atomic E-state index is 12.3. The lowest BCUT2D eigenvalue weighted by atomic mass is 10.1. The van der Waals surface area contributed by atoms with E-state index in [2.05, 4.69) is 15.0 Å². The minimum atomic E-state index is -3.26. The van der Waals surface area contributed by atoms with Gasteiger partial charge in [0.25, 0.3) is 0 Å². The maximum Gasteiger partial charge on any atom is 0.214 e. The Hall–Kier alpha value is -1.86. The largest absolute Gasteiger partial charge is 0.382 e. The Bertz CT molecular complexity index is 980. The number of imidazole rings is 1. The molecule has 29 heavy (non-hydrogen) atoms. The number of nitrogens with zero attached hydrogens (tertiary/aromatic N) is 5. The SMILES string of the molecule is CO[C@@H]1[C@H](OC(C)C)[C@@H](CN2CCCS2(=O)=O)O[C@H]1n1cnc2c(N)ncnc21. The fraction of sp³-hybridized carbons (Fsp3) is 0.706. The molecule has 11 nitrogen and oxygen atoms in total. The van der Waals surface area contributed by atoms with Gasteiger partial charge in [0, 0.05) is 20.2 Å². The van der Waals surface area contributed by atoms with Crippen molar-refractivity contribution in [3.63, 3.8) is 0 Å². The molecule has 160 valence electrons. The normalized spacial score (nSPS) is 29.9. The van der Waals surface area contributed by atoms with E-state index >= 15 is 0 Å². The van der Waals surface area contributed by atoms with E-state index in [0.717, 1.165) is 0 Å². The molecule has 2 N–H and O–H groups in total. The van der Waals surface area contributed by atoms with Gasteiger partial charge in [0.2, 0.25) is 10.0 Å². The number of hydrogen-bond acceptors (Lipinski definition) is 9. The fourth-order valence-electron chi connectivity index (χ4n) is 3.96. The van der Waals surface area contributed by atoms with Crippen LogP contribution in [0, 0.1) is 0 Å². The first-order valence-electron chi connectivity index (χ1n) is 9.56. The number of fused-ring (bicyclic) bond motifs is 1. The van der Waals surface area contributed by atoms with E-state index in [1.54, 1.807) is 18.0 Å². The van der Waals surface area contributed by atoms with Crippen molar-refractivity contribution in [1.29, 1.82) is 0 Å². The van der Waals surface area contributed by atoms with Crippen LogP contribution in [0.3, 0.4) is 0 Å². The van der Waals surface area contributed by atoms with Crippen LogP contribution in [0.2, 0.25) is 0 Å². The number of nitrogens with two attached hydrogens (primary N) is 1. The molecule has 0 aromatic carbocycles. The summed E-state index contributed by atoms with van der Waals surface area (Å²) in [4.78, 5) is 12.5. The van der Waals surface area contributed by atoms with Crippen molar-refractivity contribution in [3.8, 4) is 0 Å². The van der Waals surface area contributed by atoms with Crippen LogP contribution in [0.5, 0.6) is 0 Å². The van der Waals surface area contributed by atoms with Crippen LogP contribution >= 0.6 is 0 Å². The molecule has 0 saturated carbocycles. The van der Waals surface area contributed by atoms with Crippen molar-refractivity contribution in [1.82, 2.24) is 23.8 Å². The lowest BCUT2D eigenvalue weighted by molar-refractivity contribution is -0.0793. The number of rotatable bonds is 6. The van der Waals surface area contributed by atoms with Gasteiger partial charge in [-0.3, -0.25) is 4.57 Å². The molecule has 0 bridgehead atoms. The van der Waals surface area contributed by atoms with Gasteiger partial charge in [0.05, 0.1) is 18.2 Å². The molecular formula is C17H26N6O5S. The smallest absolute Gasteiger partial charge is 0.214 e. The summed E-state index contributed by atoms with van der Waals surface area (Å²) in [5.41, 5.74) is 6.88. The van der Waals surface area contributed by atoms with Crippen molar-refractivity contribution >= 4 is 27.0 Å². The second-order valence-corrected chi connectivity index (χ2v) is 9.61. The molecule has 2 aromatic rings. The number of ether oxygens (including phenoxy) is 3. The zero-order chi connectivity index (χ0) is 20.8. The van der Waals surface area contributed by atoms with E-state index in [9.17, 15) is 8.42 Å². The Morgan fingerprint density at radius 3 is 2.76 bits per heavy atom. The molecule has 0 spiro atoms. The van der Waals surface area contributed by atoms with Crippen LogP contribution in [0.1, 0.15) is 26.5 Å². The molecule has 2 fully saturated rings. The van der Waals surface area contributed by atoms with Gasteiger partial charge in [-0.25, -0.2) is 23.4 Å². The van der Waals surface area contributed by atoms with Gasteiger partial charge in [0.1, 0.15) is 30.2 Å². The molecule has 0 aliphatic carbocycles. The zero-order valence-corrected chi connectivity index (χ0v) is 17.4. The van der Waals surface area contributed by atoms with E-state index in [-0.39, 0.29) is 24.2 Å². The molecule has 4 rings (SSSR count). The van der Waals surface area contributed by atoms with Crippen LogP contribution in [0.4, 0.5) is 5.82 Å². The number of sulfonamides is 1. The fourth-order valence-corrected chi connectivity index (χ4v) is 5.50. The molecule has 0 amide bonds. The van der Waals surface area contributed by atoms with Gasteiger partial charge in [-0.2, -0.15) is 4.31 Å². The van der Waals surface area contributed by atoms with Crippen LogP contribution in [-0.4, -0.2) is 82.6 Å². The Morgan fingerprint density at radius 1 is 1.31 bits per heavy atom. The summed E-state index contributed by atoms with van der Waals surface area (Å²) in [6, 6.07) is 0. The van der Waals surface area contributed by atoms with E-state index < -0.39 is 34.6 Å². The number of nitrogen functional groups attached to an aromatic ring is 1. The summed E-state index contributed by atoms with van der Waals surface area (Å²) in [6.07, 6.45) is 1.42. The summed E-state index contributed by atoms with van der Waals surface area (Å²) in [6.45, 7) is 4.53. The molecule has 2 aromatic heterocycles. The lowest BCUT2D eigenvalue weighted by Crippen LogP contribution is -2.43. The molecule has 4 heterocycles. The first kappa shape index (κ1) is 20.4. The molecular weight excluding hydrogens is 400 g/mol. The third-order valence-corrected chi connectivity index (χ3v) is 7.16. The minimum absolute atomic E-state index is 0.0878. The number of methoxy groups -OCH3 is 1. The van der Waals surface area contributed by atoms with Crippen molar-refractivity contribution in [3.05, 3.63) is 12.7 Å². The molecule has 2 aliphatic heterocycles. The highest BCUT2D eigenvalue weighted by Crippen LogP contribution is 2.36. The number of aromatic nitrogens is 4. The van der Waals surface area contributed by atoms with Gasteiger partial charge >= 0.3 is 0 Å². The summed E-state index contributed by atoms with van der Waals surface area (Å²) < 4.78 is 46.0. The van der Waals surface area contributed by atoms with E-state index in [1.807, 2.05) is 13.8 Å². The molecule has 2 saturated heterocycles. The maximum atomic E-state index is 12.3. The average Bonchev–Trinajstić information content (AvgIpc) is 3.32. The van der Waals surface area contributed by atoms with Gasteiger partial charge in [-0.15, -0.1) is 0 Å². The van der Waals surface area contributed by atoms with Gasteiger partial charge in [0.15, 0.2) is 17.7 Å². The topological polar surface area (TPSA) is 135 Å². The van der Waals surface area contributed by atoms with Gasteiger partial charge in [-0.1, -0.05) is 0 Å². The Balaban J connectivity index is 1.68. The van der Waals surface area contributed by atoms with E-state index in [1.165, 1.54) is 10.6 Å². The van der Waals surface area contributed by atoms with Crippen molar-refractivity contribution in [2.45, 2.75) is 50.9 Å². The third kappa shape index (κ3) is 3.70. The quantitative estimate of drug-likeness (QED) is 0.685. The zero-order valence-electron chi connectivity index (χ0n) is 16.6. The second-order valence-electron chi connectivity index (χ2n) is 7.53. The molecule has 12 heteroatoms. The minimum Gasteiger partial charge on any atom is -0.382 e. The monoisotopic (exact) mass is 426 g/mol. The number of anilines is 1. The Labute approximate surface area is 169 Å².